The Morgan fingerprint density at radius 3 is 2.43 bits per heavy atom. The fourth-order valence-electron chi connectivity index (χ4n) is 1.10. The molecule has 0 saturated heterocycles. The maximum Gasteiger partial charge on any atom is 0.251 e. The van der Waals surface area contributed by atoms with Gasteiger partial charge < -0.3 is 16.8 Å². The maximum atomic E-state index is 11.3. The highest BCUT2D eigenvalue weighted by Gasteiger charge is 2.13. The van der Waals surface area contributed by atoms with Gasteiger partial charge >= 0.3 is 0 Å². The lowest BCUT2D eigenvalue weighted by Crippen LogP contribution is -2.23. The highest BCUT2D eigenvalue weighted by atomic mass is 16.2. The zero-order valence-corrected chi connectivity index (χ0v) is 7.70. The molecule has 0 aliphatic rings. The zero-order valence-electron chi connectivity index (χ0n) is 7.70. The SMILES string of the molecule is CNC(=O)c1ccc(N)cc1C(N)=O. The van der Waals surface area contributed by atoms with E-state index in [-0.39, 0.29) is 17.0 Å². The van der Waals surface area contributed by atoms with Crippen LogP contribution in [0.5, 0.6) is 0 Å². The van der Waals surface area contributed by atoms with Crippen LogP contribution < -0.4 is 16.8 Å². The summed E-state index contributed by atoms with van der Waals surface area (Å²) in [5.74, 6) is -1.03. The van der Waals surface area contributed by atoms with Crippen molar-refractivity contribution in [3.63, 3.8) is 0 Å². The van der Waals surface area contributed by atoms with Gasteiger partial charge in [0, 0.05) is 12.7 Å². The standard InChI is InChI=1S/C9H11N3O2/c1-12-9(14)6-3-2-5(10)4-7(6)8(11)13/h2-4H,10H2,1H3,(H2,11,13)(H,12,14). The van der Waals surface area contributed by atoms with Crippen molar-refractivity contribution in [2.75, 3.05) is 12.8 Å². The van der Waals surface area contributed by atoms with Gasteiger partial charge in [-0.05, 0) is 18.2 Å². The number of hydrogen-bond donors (Lipinski definition) is 3. The van der Waals surface area contributed by atoms with Gasteiger partial charge in [0.25, 0.3) is 5.91 Å². The fourth-order valence-corrected chi connectivity index (χ4v) is 1.10. The van der Waals surface area contributed by atoms with E-state index >= 15 is 0 Å². The quantitative estimate of drug-likeness (QED) is 0.564. The predicted octanol–water partition coefficient (Wildman–Crippen LogP) is -0.273. The minimum absolute atomic E-state index is 0.129. The Kier molecular flexibility index (Phi) is 2.71. The van der Waals surface area contributed by atoms with E-state index in [0.717, 1.165) is 0 Å². The van der Waals surface area contributed by atoms with E-state index in [1.807, 2.05) is 0 Å². The minimum atomic E-state index is -0.670. The van der Waals surface area contributed by atoms with Crippen molar-refractivity contribution >= 4 is 17.5 Å². The van der Waals surface area contributed by atoms with E-state index in [9.17, 15) is 9.59 Å². The lowest BCUT2D eigenvalue weighted by Gasteiger charge is -2.05. The normalized spacial score (nSPS) is 9.50. The molecular formula is C9H11N3O2. The van der Waals surface area contributed by atoms with Gasteiger partial charge in [-0.15, -0.1) is 0 Å². The molecule has 0 saturated carbocycles. The molecule has 0 aromatic heterocycles. The number of nitrogens with one attached hydrogen (secondary N) is 1. The van der Waals surface area contributed by atoms with E-state index in [1.165, 1.54) is 25.2 Å². The molecule has 0 heterocycles. The molecule has 0 radical (unpaired) electrons. The van der Waals surface area contributed by atoms with Gasteiger partial charge in [-0.3, -0.25) is 9.59 Å². The average molecular weight is 193 g/mol. The second-order valence-electron chi connectivity index (χ2n) is 2.75. The van der Waals surface area contributed by atoms with Gasteiger partial charge in [-0.1, -0.05) is 0 Å². The summed E-state index contributed by atoms with van der Waals surface area (Å²) < 4.78 is 0. The van der Waals surface area contributed by atoms with E-state index in [1.54, 1.807) is 0 Å². The highest BCUT2D eigenvalue weighted by Crippen LogP contribution is 2.12. The van der Waals surface area contributed by atoms with Crippen LogP contribution in [0.4, 0.5) is 5.69 Å². The van der Waals surface area contributed by atoms with Gasteiger partial charge in [0.05, 0.1) is 11.1 Å². The van der Waals surface area contributed by atoms with Crippen molar-refractivity contribution in [1.82, 2.24) is 5.32 Å². The molecule has 2 amide bonds. The summed E-state index contributed by atoms with van der Waals surface area (Å²) in [5, 5.41) is 2.41. The molecule has 0 fully saturated rings. The predicted molar refractivity (Wildman–Crippen MR) is 52.8 cm³/mol. The van der Waals surface area contributed by atoms with Crippen LogP contribution in [0, 0.1) is 0 Å². The van der Waals surface area contributed by atoms with Crippen molar-refractivity contribution in [2.24, 2.45) is 5.73 Å². The molecular weight excluding hydrogens is 182 g/mol. The number of carbonyl (C=O) groups is 2. The van der Waals surface area contributed by atoms with Crippen LogP contribution in [0.3, 0.4) is 0 Å². The zero-order chi connectivity index (χ0) is 10.7. The third-order valence-corrected chi connectivity index (χ3v) is 1.78. The number of benzene rings is 1. The summed E-state index contributed by atoms with van der Waals surface area (Å²) in [7, 11) is 1.48. The monoisotopic (exact) mass is 193 g/mol. The Morgan fingerprint density at radius 2 is 1.93 bits per heavy atom. The molecule has 1 aromatic carbocycles. The number of anilines is 1. The van der Waals surface area contributed by atoms with Gasteiger partial charge in [0.2, 0.25) is 5.91 Å². The van der Waals surface area contributed by atoms with E-state index in [4.69, 9.17) is 11.5 Å². The summed E-state index contributed by atoms with van der Waals surface area (Å²) in [6.07, 6.45) is 0. The second kappa shape index (κ2) is 3.78. The number of primary amides is 1. The largest absolute Gasteiger partial charge is 0.399 e. The number of nitrogens with two attached hydrogens (primary N) is 2. The van der Waals surface area contributed by atoms with E-state index in [0.29, 0.717) is 5.69 Å². The molecule has 0 unspecified atom stereocenters. The van der Waals surface area contributed by atoms with Crippen LogP contribution in [-0.2, 0) is 0 Å². The lowest BCUT2D eigenvalue weighted by molar-refractivity contribution is 0.0943. The maximum absolute atomic E-state index is 11.3. The number of hydrogen-bond acceptors (Lipinski definition) is 3. The molecule has 0 aliphatic heterocycles. The molecule has 5 heteroatoms. The Balaban J connectivity index is 3.28. The molecule has 0 bridgehead atoms. The van der Waals surface area contributed by atoms with E-state index in [2.05, 4.69) is 5.32 Å². The summed E-state index contributed by atoms with van der Waals surface area (Å²) in [4.78, 5) is 22.3. The number of amides is 2. The molecule has 5 nitrogen and oxygen atoms in total. The highest BCUT2D eigenvalue weighted by molar-refractivity contribution is 6.07. The van der Waals surface area contributed by atoms with Crippen molar-refractivity contribution in [1.29, 1.82) is 0 Å². The molecule has 0 aliphatic carbocycles. The first-order valence-corrected chi connectivity index (χ1v) is 3.97. The molecule has 0 spiro atoms. The van der Waals surface area contributed by atoms with Crippen LogP contribution in [0.1, 0.15) is 20.7 Å². The molecule has 0 atom stereocenters. The third-order valence-electron chi connectivity index (χ3n) is 1.78. The lowest BCUT2D eigenvalue weighted by atomic mass is 10.1. The van der Waals surface area contributed by atoms with Crippen LogP contribution in [0.15, 0.2) is 18.2 Å². The third kappa shape index (κ3) is 1.82. The fraction of sp³-hybridized carbons (Fsp3) is 0.111. The molecule has 5 N–H and O–H groups in total. The smallest absolute Gasteiger partial charge is 0.251 e. The first-order valence-electron chi connectivity index (χ1n) is 3.97. The summed E-state index contributed by atoms with van der Waals surface area (Å²) in [6, 6.07) is 4.39. The van der Waals surface area contributed by atoms with Crippen LogP contribution in [0.25, 0.3) is 0 Å². The first-order chi connectivity index (χ1) is 6.56. The summed E-state index contributed by atoms with van der Waals surface area (Å²) in [6.45, 7) is 0. The second-order valence-corrected chi connectivity index (χ2v) is 2.75. The minimum Gasteiger partial charge on any atom is -0.399 e. The van der Waals surface area contributed by atoms with Gasteiger partial charge in [0.1, 0.15) is 0 Å². The molecule has 74 valence electrons. The van der Waals surface area contributed by atoms with Crippen molar-refractivity contribution in [3.8, 4) is 0 Å². The molecule has 14 heavy (non-hydrogen) atoms. The van der Waals surface area contributed by atoms with Crippen LogP contribution in [0.2, 0.25) is 0 Å². The van der Waals surface area contributed by atoms with Crippen LogP contribution >= 0.6 is 0 Å². The Bertz CT molecular complexity index is 388. The van der Waals surface area contributed by atoms with Crippen LogP contribution in [-0.4, -0.2) is 18.9 Å². The molecule has 1 aromatic rings. The van der Waals surface area contributed by atoms with Crippen molar-refractivity contribution < 1.29 is 9.59 Å². The number of carbonyl (C=O) groups excluding carboxylic acids is 2. The van der Waals surface area contributed by atoms with Gasteiger partial charge in [0.15, 0.2) is 0 Å². The number of rotatable bonds is 2. The van der Waals surface area contributed by atoms with Gasteiger partial charge in [-0.25, -0.2) is 0 Å². The van der Waals surface area contributed by atoms with Crippen molar-refractivity contribution in [3.05, 3.63) is 29.3 Å². The van der Waals surface area contributed by atoms with E-state index < -0.39 is 5.91 Å². The number of nitrogen functional groups attached to an aromatic ring is 1. The van der Waals surface area contributed by atoms with Crippen molar-refractivity contribution in [2.45, 2.75) is 0 Å². The average Bonchev–Trinajstić information content (AvgIpc) is 2.16. The Labute approximate surface area is 81.1 Å². The Morgan fingerprint density at radius 1 is 1.29 bits per heavy atom. The summed E-state index contributed by atoms with van der Waals surface area (Å²) >= 11 is 0. The van der Waals surface area contributed by atoms with Gasteiger partial charge in [-0.2, -0.15) is 0 Å². The molecule has 1 rings (SSSR count). The first kappa shape index (κ1) is 10.0. The summed E-state index contributed by atoms with van der Waals surface area (Å²) in [5.41, 5.74) is 11.3. The Hall–Kier alpha value is -2.04. The topological polar surface area (TPSA) is 98.2 Å².